The fourth-order valence-electron chi connectivity index (χ4n) is 1.17. The largest absolute Gasteiger partial charge is 1.00 e. The molecule has 0 unspecified atom stereocenters. The second-order valence-corrected chi connectivity index (χ2v) is 4.54. The molecule has 0 saturated heterocycles. The van der Waals surface area contributed by atoms with Crippen LogP contribution in [0.5, 0.6) is 0 Å². The van der Waals surface area contributed by atoms with Gasteiger partial charge in [0, 0.05) is 15.1 Å². The Morgan fingerprint density at radius 1 is 1.33 bits per heavy atom. The van der Waals surface area contributed by atoms with E-state index in [0.717, 1.165) is 16.0 Å². The molecule has 72 valence electrons. The smallest absolute Gasteiger partial charge is 0.544 e. The summed E-state index contributed by atoms with van der Waals surface area (Å²) in [5.41, 5.74) is 0. The summed E-state index contributed by atoms with van der Waals surface area (Å²) in [4.78, 5) is 10.7. The Bertz CT molecular complexity index is 524. The third-order valence-corrected chi connectivity index (χ3v) is 3.65. The van der Waals surface area contributed by atoms with Gasteiger partial charge in [-0.15, -0.1) is 11.3 Å². The summed E-state index contributed by atoms with van der Waals surface area (Å²) in [6, 6.07) is 5.05. The van der Waals surface area contributed by atoms with Crippen LogP contribution in [-0.4, -0.2) is 5.97 Å². The summed E-state index contributed by atoms with van der Waals surface area (Å²) < 4.78 is 0.752. The summed E-state index contributed by atoms with van der Waals surface area (Å²) in [6.07, 6.45) is 0. The molecule has 6 heteroatoms. The van der Waals surface area contributed by atoms with Gasteiger partial charge in [-0.3, -0.25) is 0 Å². The molecule has 2 aromatic rings. The summed E-state index contributed by atoms with van der Waals surface area (Å²) in [6.45, 7) is 0. The summed E-state index contributed by atoms with van der Waals surface area (Å²) in [5, 5.41) is 12.1. The zero-order valence-corrected chi connectivity index (χ0v) is 12.0. The van der Waals surface area contributed by atoms with Gasteiger partial charge in [-0.2, -0.15) is 0 Å². The van der Waals surface area contributed by atoms with E-state index in [2.05, 4.69) is 0 Å². The van der Waals surface area contributed by atoms with E-state index in [1.165, 1.54) is 0 Å². The van der Waals surface area contributed by atoms with E-state index in [0.29, 0.717) is 10.4 Å². The predicted octanol–water partition coefficient (Wildman–Crippen LogP) is -0.424. The standard InChI is InChI=1S/C9H4Cl2O2S.Na/c10-4-1-2-5-6(3-4)14-8(7(5)11)9(12)13;/h1-3H,(H,12,13);/q;+1/p-1. The molecule has 0 aliphatic heterocycles. The Hall–Kier alpha value is 0.230. The fraction of sp³-hybridized carbons (Fsp3) is 0. The van der Waals surface area contributed by atoms with Crippen molar-refractivity contribution in [2.24, 2.45) is 0 Å². The van der Waals surface area contributed by atoms with Crippen molar-refractivity contribution in [3.8, 4) is 0 Å². The van der Waals surface area contributed by atoms with E-state index >= 15 is 0 Å². The van der Waals surface area contributed by atoms with E-state index in [1.807, 2.05) is 0 Å². The molecule has 15 heavy (non-hydrogen) atoms. The Kier molecular flexibility index (Phi) is 4.47. The number of carboxylic acid groups (broad SMARTS) is 1. The van der Waals surface area contributed by atoms with Crippen LogP contribution >= 0.6 is 34.5 Å². The quantitative estimate of drug-likeness (QED) is 0.659. The number of hydrogen-bond donors (Lipinski definition) is 0. The van der Waals surface area contributed by atoms with Crippen LogP contribution in [0.2, 0.25) is 10.0 Å². The van der Waals surface area contributed by atoms with Gasteiger partial charge in [-0.05, 0) is 12.1 Å². The van der Waals surface area contributed by atoms with Crippen molar-refractivity contribution in [3.63, 3.8) is 0 Å². The number of aromatic carboxylic acids is 1. The van der Waals surface area contributed by atoms with Crippen LogP contribution in [0.4, 0.5) is 0 Å². The average molecular weight is 269 g/mol. The number of carbonyl (C=O) groups is 1. The van der Waals surface area contributed by atoms with Crippen molar-refractivity contribution in [3.05, 3.63) is 33.1 Å². The molecule has 2 rings (SSSR count). The number of rotatable bonds is 1. The normalized spacial score (nSPS) is 10.0. The van der Waals surface area contributed by atoms with E-state index < -0.39 is 5.97 Å². The van der Waals surface area contributed by atoms with Crippen LogP contribution in [0.3, 0.4) is 0 Å². The molecule has 2 nitrogen and oxygen atoms in total. The number of hydrogen-bond acceptors (Lipinski definition) is 3. The molecule has 0 bridgehead atoms. The van der Waals surface area contributed by atoms with Crippen LogP contribution in [0, 0.1) is 0 Å². The van der Waals surface area contributed by atoms with Gasteiger partial charge in [0.25, 0.3) is 0 Å². The summed E-state index contributed by atoms with van der Waals surface area (Å²) >= 11 is 12.7. The molecule has 0 atom stereocenters. The van der Waals surface area contributed by atoms with Crippen molar-refractivity contribution < 1.29 is 39.5 Å². The van der Waals surface area contributed by atoms with Gasteiger partial charge >= 0.3 is 29.6 Å². The Morgan fingerprint density at radius 3 is 2.60 bits per heavy atom. The van der Waals surface area contributed by atoms with E-state index in [1.54, 1.807) is 18.2 Å². The van der Waals surface area contributed by atoms with E-state index in [-0.39, 0.29) is 39.5 Å². The minimum atomic E-state index is -1.26. The number of thiophene rings is 1. The third kappa shape index (κ3) is 2.49. The maximum atomic E-state index is 10.7. The van der Waals surface area contributed by atoms with Gasteiger partial charge in [0.2, 0.25) is 0 Å². The van der Waals surface area contributed by atoms with Crippen molar-refractivity contribution in [2.75, 3.05) is 0 Å². The molecule has 0 spiro atoms. The SMILES string of the molecule is O=C([O-])c1sc2cc(Cl)ccc2c1Cl.[Na+]. The van der Waals surface area contributed by atoms with Gasteiger partial charge in [-0.1, -0.05) is 29.3 Å². The second-order valence-electron chi connectivity index (χ2n) is 2.67. The van der Waals surface area contributed by atoms with Crippen LogP contribution in [0.15, 0.2) is 18.2 Å². The molecule has 1 aromatic carbocycles. The molecule has 0 aliphatic rings. The van der Waals surface area contributed by atoms with Gasteiger partial charge in [0.05, 0.1) is 15.9 Å². The topological polar surface area (TPSA) is 40.1 Å². The van der Waals surface area contributed by atoms with Crippen LogP contribution in [0.1, 0.15) is 9.67 Å². The zero-order valence-electron chi connectivity index (χ0n) is 7.71. The maximum Gasteiger partial charge on any atom is 1.00 e. The minimum Gasteiger partial charge on any atom is -0.544 e. The van der Waals surface area contributed by atoms with Crippen LogP contribution in [0.25, 0.3) is 10.1 Å². The first-order chi connectivity index (χ1) is 6.59. The van der Waals surface area contributed by atoms with Crippen molar-refractivity contribution in [1.82, 2.24) is 0 Å². The van der Waals surface area contributed by atoms with E-state index in [9.17, 15) is 9.90 Å². The number of halogens is 2. The third-order valence-electron chi connectivity index (χ3n) is 1.78. The first-order valence-electron chi connectivity index (χ1n) is 3.68. The molecule has 0 saturated carbocycles. The average Bonchev–Trinajstić information content (AvgIpc) is 2.43. The van der Waals surface area contributed by atoms with Gasteiger partial charge in [0.1, 0.15) is 0 Å². The molecule has 0 radical (unpaired) electrons. The Balaban J connectivity index is 0.00000112. The number of carboxylic acids is 1. The molecule has 0 fully saturated rings. The minimum absolute atomic E-state index is 0. The molecule has 1 heterocycles. The van der Waals surface area contributed by atoms with Gasteiger partial charge in [0.15, 0.2) is 0 Å². The number of benzene rings is 1. The monoisotopic (exact) mass is 268 g/mol. The van der Waals surface area contributed by atoms with Gasteiger partial charge in [-0.25, -0.2) is 0 Å². The summed E-state index contributed by atoms with van der Waals surface area (Å²) in [5.74, 6) is -1.26. The molecule has 0 amide bonds. The number of fused-ring (bicyclic) bond motifs is 1. The van der Waals surface area contributed by atoms with Crippen LogP contribution in [-0.2, 0) is 0 Å². The molecule has 1 aromatic heterocycles. The molecule has 0 N–H and O–H groups in total. The molecule has 0 aliphatic carbocycles. The first kappa shape index (κ1) is 13.3. The first-order valence-corrected chi connectivity index (χ1v) is 5.25. The predicted molar refractivity (Wildman–Crippen MR) is 56.2 cm³/mol. The van der Waals surface area contributed by atoms with E-state index in [4.69, 9.17) is 23.2 Å². The Labute approximate surface area is 122 Å². The summed E-state index contributed by atoms with van der Waals surface area (Å²) in [7, 11) is 0. The zero-order chi connectivity index (χ0) is 10.3. The van der Waals surface area contributed by atoms with Crippen molar-refractivity contribution >= 4 is 50.6 Å². The number of carbonyl (C=O) groups excluding carboxylic acids is 1. The molecular weight excluding hydrogens is 266 g/mol. The van der Waals surface area contributed by atoms with Gasteiger partial charge < -0.3 is 9.90 Å². The van der Waals surface area contributed by atoms with Crippen LogP contribution < -0.4 is 34.7 Å². The Morgan fingerprint density at radius 2 is 2.00 bits per heavy atom. The van der Waals surface area contributed by atoms with Crippen molar-refractivity contribution in [2.45, 2.75) is 0 Å². The second kappa shape index (κ2) is 5.04. The maximum absolute atomic E-state index is 10.7. The van der Waals surface area contributed by atoms with Crippen molar-refractivity contribution in [1.29, 1.82) is 0 Å². The fourth-order valence-corrected chi connectivity index (χ4v) is 2.79. The molecular formula is C9H3Cl2NaO2S.